The molecule has 5 aliphatic rings. The Balaban J connectivity index is 1.07. The van der Waals surface area contributed by atoms with Crippen molar-refractivity contribution in [2.24, 2.45) is 27.6 Å². The molecule has 19 heteroatoms. The fourth-order valence-corrected chi connectivity index (χ4v) is 11.3. The second-order valence-corrected chi connectivity index (χ2v) is 24.8. The van der Waals surface area contributed by atoms with E-state index in [2.05, 4.69) is 32.9 Å². The molecule has 0 amide bonds. The second kappa shape index (κ2) is 36.7. The predicted octanol–water partition coefficient (Wildman–Crippen LogP) is 8.85. The van der Waals surface area contributed by atoms with E-state index >= 15 is 0 Å². The standard InChI is InChI=1S/C66H102O19/c1-6-63(29-59(67)82-56(37-74-41-64(7-2)44-77-45-64)34-71-26-18-25-51-19-12-10-13-20-51,30-60(68)83-57(38-75-42-65(8-3)46-78-47-65)35-72-32-54(81-50-70-5)27-52-21-14-11-15-22-52)31-61(69)84-58(39-76-43-66(9-4)48-79-49-66)36-73-33-55(85-62-40-80-62)28-53-23-16-17-24-53/h10-15,19-22,53-58,62H,6-9,16-18,23-50H2,1-5H3. The van der Waals surface area contributed by atoms with Gasteiger partial charge < -0.3 is 75.8 Å². The Morgan fingerprint density at radius 1 is 0.553 bits per heavy atom. The second-order valence-electron chi connectivity index (χ2n) is 24.8. The molecular weight excluding hydrogens is 1100 g/mol. The molecule has 0 bridgehead atoms. The zero-order valence-corrected chi connectivity index (χ0v) is 51.8. The molecule has 2 aromatic rings. The molecule has 19 nitrogen and oxygen atoms in total. The van der Waals surface area contributed by atoms with Gasteiger partial charge in [0.2, 0.25) is 0 Å². The normalized spacial score (nSPS) is 21.0. The van der Waals surface area contributed by atoms with Gasteiger partial charge in [-0.15, -0.1) is 0 Å². The number of rotatable bonds is 48. The molecular formula is C66H102O19. The Labute approximate surface area is 505 Å². The van der Waals surface area contributed by atoms with Gasteiger partial charge in [-0.1, -0.05) is 114 Å². The Bertz CT molecular complexity index is 2150. The van der Waals surface area contributed by atoms with Crippen LogP contribution in [0.3, 0.4) is 0 Å². The molecule has 7 atom stereocenters. The maximum Gasteiger partial charge on any atom is 0.306 e. The molecule has 4 heterocycles. The largest absolute Gasteiger partial charge is 0.457 e. The molecule has 0 aromatic heterocycles. The molecule has 4 saturated heterocycles. The van der Waals surface area contributed by atoms with Crippen LogP contribution in [0.5, 0.6) is 0 Å². The fourth-order valence-electron chi connectivity index (χ4n) is 11.3. The van der Waals surface area contributed by atoms with Crippen molar-refractivity contribution in [3.63, 3.8) is 0 Å². The predicted molar refractivity (Wildman–Crippen MR) is 315 cm³/mol. The van der Waals surface area contributed by atoms with Crippen LogP contribution in [-0.4, -0.2) is 194 Å². The van der Waals surface area contributed by atoms with Crippen molar-refractivity contribution < 1.29 is 90.2 Å². The van der Waals surface area contributed by atoms with E-state index in [-0.39, 0.29) is 120 Å². The zero-order chi connectivity index (χ0) is 60.1. The highest BCUT2D eigenvalue weighted by molar-refractivity contribution is 5.78. The lowest BCUT2D eigenvalue weighted by atomic mass is 9.75. The average Bonchev–Trinajstić information content (AvgIpc) is 4.32. The Morgan fingerprint density at radius 2 is 0.976 bits per heavy atom. The van der Waals surface area contributed by atoms with Gasteiger partial charge in [-0.2, -0.15) is 0 Å². The molecule has 2 aromatic carbocycles. The van der Waals surface area contributed by atoms with Crippen LogP contribution in [0, 0.1) is 27.6 Å². The summed E-state index contributed by atoms with van der Waals surface area (Å²) in [4.78, 5) is 44.0. The fraction of sp³-hybridized carbons (Fsp3) is 0.773. The number of esters is 3. The molecule has 480 valence electrons. The molecule has 85 heavy (non-hydrogen) atoms. The van der Waals surface area contributed by atoms with E-state index in [1.807, 2.05) is 55.5 Å². The van der Waals surface area contributed by atoms with E-state index in [1.54, 1.807) is 7.11 Å². The van der Waals surface area contributed by atoms with Gasteiger partial charge in [0, 0.05) is 41.8 Å². The number of aryl methyl sites for hydroxylation is 1. The van der Waals surface area contributed by atoms with Crippen LogP contribution in [0.2, 0.25) is 0 Å². The van der Waals surface area contributed by atoms with Gasteiger partial charge in [-0.05, 0) is 62.0 Å². The van der Waals surface area contributed by atoms with Crippen LogP contribution < -0.4 is 0 Å². The molecule has 7 rings (SSSR count). The molecule has 1 saturated carbocycles. The molecule has 7 unspecified atom stereocenters. The van der Waals surface area contributed by atoms with Gasteiger partial charge in [0.15, 0.2) is 6.29 Å². The SMILES string of the molecule is CCC1(COCC(COCCCc2ccccc2)OC(=O)CC(CC)(CC(=O)OC(COCC(Cc2ccccc2)OCOC)COCC2(CC)COC2)CC(=O)OC(COCC(CC2CCCC2)OC2CO2)COCC2(CC)COC2)COC1. The number of epoxide rings is 1. The first-order chi connectivity index (χ1) is 41.4. The highest BCUT2D eigenvalue weighted by Crippen LogP contribution is 2.38. The quantitative estimate of drug-likeness (QED) is 0.0200. The minimum absolute atomic E-state index is 0.0158. The lowest BCUT2D eigenvalue weighted by Crippen LogP contribution is -2.46. The van der Waals surface area contributed by atoms with Crippen molar-refractivity contribution in [3.8, 4) is 0 Å². The number of carbonyl (C=O) groups is 3. The third-order valence-electron chi connectivity index (χ3n) is 17.6. The monoisotopic (exact) mass is 1200 g/mol. The van der Waals surface area contributed by atoms with Crippen molar-refractivity contribution in [2.45, 2.75) is 161 Å². The Hall–Kier alpha value is -3.67. The average molecular weight is 1200 g/mol. The summed E-state index contributed by atoms with van der Waals surface area (Å²) in [6.07, 6.45) is 6.36. The number of hydrogen-bond acceptors (Lipinski definition) is 19. The van der Waals surface area contributed by atoms with Crippen molar-refractivity contribution in [3.05, 3.63) is 71.8 Å². The Kier molecular flexibility index (Phi) is 29.7. The molecule has 0 N–H and O–H groups in total. The smallest absolute Gasteiger partial charge is 0.306 e. The highest BCUT2D eigenvalue weighted by Gasteiger charge is 2.43. The summed E-state index contributed by atoms with van der Waals surface area (Å²) >= 11 is 0. The molecule has 1 aliphatic carbocycles. The van der Waals surface area contributed by atoms with Crippen LogP contribution in [0.4, 0.5) is 0 Å². The van der Waals surface area contributed by atoms with E-state index in [0.29, 0.717) is 85.0 Å². The number of benzene rings is 2. The van der Waals surface area contributed by atoms with Crippen LogP contribution in [-0.2, 0) is 103 Å². The number of ether oxygens (including phenoxy) is 16. The van der Waals surface area contributed by atoms with Crippen molar-refractivity contribution in [1.29, 1.82) is 0 Å². The summed E-state index contributed by atoms with van der Waals surface area (Å²) in [6, 6.07) is 20.1. The van der Waals surface area contributed by atoms with Gasteiger partial charge in [0.05, 0.1) is 144 Å². The first-order valence-corrected chi connectivity index (χ1v) is 31.6. The summed E-state index contributed by atoms with van der Waals surface area (Å²) in [6.45, 7) is 14.8. The van der Waals surface area contributed by atoms with Crippen molar-refractivity contribution in [2.75, 3.05) is 139 Å². The maximum atomic E-state index is 14.7. The summed E-state index contributed by atoms with van der Waals surface area (Å²) in [7, 11) is 1.57. The van der Waals surface area contributed by atoms with E-state index in [1.165, 1.54) is 18.4 Å². The van der Waals surface area contributed by atoms with E-state index in [9.17, 15) is 14.4 Å². The van der Waals surface area contributed by atoms with Crippen molar-refractivity contribution in [1.82, 2.24) is 0 Å². The van der Waals surface area contributed by atoms with Gasteiger partial charge in [0.25, 0.3) is 0 Å². The number of methoxy groups -OCH3 is 1. The summed E-state index contributed by atoms with van der Waals surface area (Å²) in [5.41, 5.74) is 0.594. The minimum atomic E-state index is -1.33. The van der Waals surface area contributed by atoms with Crippen LogP contribution in [0.1, 0.15) is 122 Å². The molecule has 5 fully saturated rings. The highest BCUT2D eigenvalue weighted by atomic mass is 16.8. The minimum Gasteiger partial charge on any atom is -0.457 e. The third kappa shape index (κ3) is 24.3. The summed E-state index contributed by atoms with van der Waals surface area (Å²) < 4.78 is 96.1. The number of carbonyl (C=O) groups excluding carboxylic acids is 3. The maximum absolute atomic E-state index is 14.7. The third-order valence-corrected chi connectivity index (χ3v) is 17.6. The molecule has 4 aliphatic heterocycles. The van der Waals surface area contributed by atoms with Crippen LogP contribution in [0.25, 0.3) is 0 Å². The van der Waals surface area contributed by atoms with E-state index < -0.39 is 41.6 Å². The number of hydrogen-bond donors (Lipinski definition) is 0. The van der Waals surface area contributed by atoms with Crippen molar-refractivity contribution >= 4 is 17.9 Å². The topological polar surface area (TPSA) is 202 Å². The van der Waals surface area contributed by atoms with Crippen LogP contribution in [0.15, 0.2) is 60.7 Å². The van der Waals surface area contributed by atoms with Crippen LogP contribution >= 0.6 is 0 Å². The Morgan fingerprint density at radius 3 is 1.39 bits per heavy atom. The van der Waals surface area contributed by atoms with Gasteiger partial charge in [0.1, 0.15) is 31.7 Å². The summed E-state index contributed by atoms with van der Waals surface area (Å²) in [5.74, 6) is -1.35. The van der Waals surface area contributed by atoms with Gasteiger partial charge in [-0.25, -0.2) is 0 Å². The lowest BCUT2D eigenvalue weighted by Gasteiger charge is -2.40. The first kappa shape index (κ1) is 68.8. The van der Waals surface area contributed by atoms with Gasteiger partial charge in [-0.3, -0.25) is 14.4 Å². The van der Waals surface area contributed by atoms with E-state index in [0.717, 1.165) is 56.9 Å². The molecule has 0 spiro atoms. The summed E-state index contributed by atoms with van der Waals surface area (Å²) in [5, 5.41) is 0. The lowest BCUT2D eigenvalue weighted by molar-refractivity contribution is -0.178. The van der Waals surface area contributed by atoms with E-state index in [4.69, 9.17) is 75.8 Å². The zero-order valence-electron chi connectivity index (χ0n) is 51.8. The van der Waals surface area contributed by atoms with Gasteiger partial charge >= 0.3 is 17.9 Å². The molecule has 0 radical (unpaired) electrons. The first-order valence-electron chi connectivity index (χ1n) is 31.6.